The van der Waals surface area contributed by atoms with E-state index >= 15 is 0 Å². The molecule has 0 aliphatic heterocycles. The van der Waals surface area contributed by atoms with Crippen molar-refractivity contribution in [3.8, 4) is 11.3 Å². The lowest BCUT2D eigenvalue weighted by Crippen LogP contribution is -2.27. The van der Waals surface area contributed by atoms with Crippen LogP contribution in [0, 0.1) is 10.1 Å². The Morgan fingerprint density at radius 3 is 2.55 bits per heavy atom. The van der Waals surface area contributed by atoms with Crippen molar-refractivity contribution in [2.75, 3.05) is 0 Å². The minimum Gasteiger partial charge on any atom is -0.457 e. The highest BCUT2D eigenvalue weighted by atomic mass is 16.6. The van der Waals surface area contributed by atoms with Gasteiger partial charge in [-0.1, -0.05) is 0 Å². The summed E-state index contributed by atoms with van der Waals surface area (Å²) in [5.41, 5.74) is 2.68. The quantitative estimate of drug-likeness (QED) is 0.290. The van der Waals surface area contributed by atoms with E-state index in [1.807, 2.05) is 5.43 Å². The van der Waals surface area contributed by atoms with Crippen molar-refractivity contribution >= 4 is 17.7 Å². The summed E-state index contributed by atoms with van der Waals surface area (Å²) >= 11 is 0. The molecule has 0 aliphatic carbocycles. The first kappa shape index (κ1) is 13.5. The lowest BCUT2D eigenvalue weighted by molar-refractivity contribution is -0.384. The zero-order valence-electron chi connectivity index (χ0n) is 10.3. The Hall–Kier alpha value is -2.93. The van der Waals surface area contributed by atoms with Gasteiger partial charge in [0, 0.05) is 23.8 Å². The van der Waals surface area contributed by atoms with Crippen molar-refractivity contribution in [2.45, 2.75) is 0 Å². The molecule has 1 aromatic carbocycles. The van der Waals surface area contributed by atoms with Gasteiger partial charge in [0.05, 0.1) is 4.92 Å². The predicted molar refractivity (Wildman–Crippen MR) is 72.2 cm³/mol. The smallest absolute Gasteiger partial charge is 0.269 e. The summed E-state index contributed by atoms with van der Waals surface area (Å²) in [5.74, 6) is 5.51. The average Bonchev–Trinajstić information content (AvgIpc) is 2.93. The van der Waals surface area contributed by atoms with E-state index in [0.29, 0.717) is 17.1 Å². The first-order valence-electron chi connectivity index (χ1n) is 5.63. The molecule has 0 fully saturated rings. The molecule has 0 bridgehead atoms. The van der Waals surface area contributed by atoms with Crippen molar-refractivity contribution in [1.29, 1.82) is 0 Å². The first-order valence-corrected chi connectivity index (χ1v) is 5.63. The molecule has 1 heterocycles. The number of carbonyl (C=O) groups is 1. The van der Waals surface area contributed by atoms with Crippen LogP contribution in [0.2, 0.25) is 0 Å². The molecule has 0 unspecified atom stereocenters. The zero-order valence-corrected chi connectivity index (χ0v) is 10.3. The maximum absolute atomic E-state index is 10.9. The third kappa shape index (κ3) is 3.09. The summed E-state index contributed by atoms with van der Waals surface area (Å²) in [6.45, 7) is 0. The van der Waals surface area contributed by atoms with Crippen LogP contribution in [0.4, 0.5) is 5.69 Å². The number of hydrogen-bond donors (Lipinski definition) is 2. The Balaban J connectivity index is 2.18. The molecule has 7 nitrogen and oxygen atoms in total. The number of furan rings is 1. The van der Waals surface area contributed by atoms with Crippen molar-refractivity contribution in [3.63, 3.8) is 0 Å². The molecule has 20 heavy (non-hydrogen) atoms. The monoisotopic (exact) mass is 273 g/mol. The number of amides is 1. The first-order chi connectivity index (χ1) is 9.60. The Morgan fingerprint density at radius 1 is 1.25 bits per heavy atom. The molecule has 0 saturated carbocycles. The molecule has 2 rings (SSSR count). The van der Waals surface area contributed by atoms with E-state index < -0.39 is 10.8 Å². The number of nitrogens with two attached hydrogens (primary N) is 1. The van der Waals surface area contributed by atoms with E-state index in [9.17, 15) is 14.9 Å². The van der Waals surface area contributed by atoms with Gasteiger partial charge >= 0.3 is 0 Å². The summed E-state index contributed by atoms with van der Waals surface area (Å²) in [7, 11) is 0. The van der Waals surface area contributed by atoms with Crippen LogP contribution < -0.4 is 11.3 Å². The van der Waals surface area contributed by atoms with Gasteiger partial charge in [-0.05, 0) is 30.3 Å². The van der Waals surface area contributed by atoms with Crippen LogP contribution in [0.5, 0.6) is 0 Å². The van der Waals surface area contributed by atoms with Gasteiger partial charge in [0.25, 0.3) is 11.6 Å². The minimum absolute atomic E-state index is 0.0139. The molecular weight excluding hydrogens is 262 g/mol. The van der Waals surface area contributed by atoms with Crippen LogP contribution in [-0.2, 0) is 4.79 Å². The topological polar surface area (TPSA) is 111 Å². The van der Waals surface area contributed by atoms with Crippen LogP contribution in [0.3, 0.4) is 0 Å². The Bertz CT molecular complexity index is 659. The van der Waals surface area contributed by atoms with Gasteiger partial charge in [0.15, 0.2) is 0 Å². The number of hydrogen-bond acceptors (Lipinski definition) is 5. The molecule has 2 aromatic rings. The van der Waals surface area contributed by atoms with E-state index in [4.69, 9.17) is 10.3 Å². The van der Waals surface area contributed by atoms with E-state index in [1.54, 1.807) is 24.3 Å². The molecule has 0 saturated heterocycles. The fraction of sp³-hybridized carbons (Fsp3) is 0. The van der Waals surface area contributed by atoms with Gasteiger partial charge in [0.1, 0.15) is 11.5 Å². The van der Waals surface area contributed by atoms with E-state index in [1.165, 1.54) is 24.3 Å². The maximum atomic E-state index is 10.9. The highest BCUT2D eigenvalue weighted by Gasteiger charge is 2.07. The summed E-state index contributed by atoms with van der Waals surface area (Å²) in [6.07, 6.45) is 2.70. The largest absolute Gasteiger partial charge is 0.457 e. The number of carbonyl (C=O) groups excluding carboxylic acids is 1. The molecule has 1 aromatic heterocycles. The van der Waals surface area contributed by atoms with Crippen molar-refractivity contribution < 1.29 is 14.1 Å². The van der Waals surface area contributed by atoms with Crippen LogP contribution in [-0.4, -0.2) is 10.8 Å². The maximum Gasteiger partial charge on any atom is 0.269 e. The number of nitro benzene ring substituents is 1. The van der Waals surface area contributed by atoms with Gasteiger partial charge in [-0.3, -0.25) is 20.3 Å². The SMILES string of the molecule is NNC(=O)/C=C/c1ccc(-c2ccc([N+](=O)[O-])cc2)o1. The molecule has 0 atom stereocenters. The van der Waals surface area contributed by atoms with Crippen molar-refractivity contribution in [1.82, 2.24) is 5.43 Å². The van der Waals surface area contributed by atoms with Gasteiger partial charge in [-0.25, -0.2) is 5.84 Å². The second-order valence-corrected chi connectivity index (χ2v) is 3.85. The second kappa shape index (κ2) is 5.81. The highest BCUT2D eigenvalue weighted by molar-refractivity contribution is 5.90. The molecule has 0 aliphatic rings. The number of nitro groups is 1. The number of non-ortho nitro benzene ring substituents is 1. The molecule has 7 heteroatoms. The fourth-order valence-electron chi connectivity index (χ4n) is 1.55. The minimum atomic E-state index is -0.467. The second-order valence-electron chi connectivity index (χ2n) is 3.85. The van der Waals surface area contributed by atoms with Crippen molar-refractivity contribution in [3.05, 3.63) is 58.3 Å². The Labute approximate surface area is 113 Å². The van der Waals surface area contributed by atoms with E-state index in [2.05, 4.69) is 0 Å². The summed E-state index contributed by atoms with van der Waals surface area (Å²) in [4.78, 5) is 21.0. The third-order valence-corrected chi connectivity index (χ3v) is 2.53. The molecular formula is C13H11N3O4. The normalized spacial score (nSPS) is 10.7. The molecule has 3 N–H and O–H groups in total. The number of benzene rings is 1. The number of rotatable bonds is 4. The van der Waals surface area contributed by atoms with Gasteiger partial charge in [0.2, 0.25) is 0 Å². The van der Waals surface area contributed by atoms with Gasteiger partial charge in [-0.2, -0.15) is 0 Å². The van der Waals surface area contributed by atoms with Crippen LogP contribution in [0.15, 0.2) is 46.9 Å². The lowest BCUT2D eigenvalue weighted by atomic mass is 10.1. The van der Waals surface area contributed by atoms with Crippen LogP contribution in [0.25, 0.3) is 17.4 Å². The summed E-state index contributed by atoms with van der Waals surface area (Å²) in [5, 5.41) is 10.6. The Morgan fingerprint density at radius 2 is 1.95 bits per heavy atom. The van der Waals surface area contributed by atoms with E-state index in [0.717, 1.165) is 0 Å². The summed E-state index contributed by atoms with van der Waals surface area (Å²) in [6, 6.07) is 9.37. The molecule has 0 spiro atoms. The summed E-state index contributed by atoms with van der Waals surface area (Å²) < 4.78 is 5.49. The van der Waals surface area contributed by atoms with Crippen molar-refractivity contribution in [2.24, 2.45) is 5.84 Å². The average molecular weight is 273 g/mol. The highest BCUT2D eigenvalue weighted by Crippen LogP contribution is 2.24. The molecule has 1 amide bonds. The van der Waals surface area contributed by atoms with Gasteiger partial charge in [-0.15, -0.1) is 0 Å². The fourth-order valence-corrected chi connectivity index (χ4v) is 1.55. The number of nitrogens with one attached hydrogen (secondary N) is 1. The number of hydrazine groups is 1. The predicted octanol–water partition coefficient (Wildman–Crippen LogP) is 1.86. The third-order valence-electron chi connectivity index (χ3n) is 2.53. The lowest BCUT2D eigenvalue weighted by Gasteiger charge is -1.96. The molecule has 102 valence electrons. The van der Waals surface area contributed by atoms with Crippen LogP contribution in [0.1, 0.15) is 5.76 Å². The molecule has 0 radical (unpaired) electrons. The van der Waals surface area contributed by atoms with E-state index in [-0.39, 0.29) is 5.69 Å². The zero-order chi connectivity index (χ0) is 14.5. The number of nitrogens with zero attached hydrogens (tertiary/aromatic N) is 1. The van der Waals surface area contributed by atoms with Crippen LogP contribution >= 0.6 is 0 Å². The van der Waals surface area contributed by atoms with Gasteiger partial charge < -0.3 is 4.42 Å². The standard InChI is InChI=1S/C13H11N3O4/c14-15-13(17)8-6-11-5-7-12(20-11)9-1-3-10(4-2-9)16(18)19/h1-8H,14H2,(H,15,17)/b8-6+. The Kier molecular flexibility index (Phi) is 3.92.